The summed E-state index contributed by atoms with van der Waals surface area (Å²) < 4.78 is 29.5. The van der Waals surface area contributed by atoms with Crippen molar-refractivity contribution in [3.63, 3.8) is 0 Å². The predicted molar refractivity (Wildman–Crippen MR) is 127 cm³/mol. The molecule has 0 fully saturated rings. The van der Waals surface area contributed by atoms with Gasteiger partial charge in [-0.15, -0.1) is 4.40 Å². The molecule has 1 aliphatic heterocycles. The number of hydrogen-bond donors (Lipinski definition) is 0. The lowest BCUT2D eigenvalue weighted by Crippen LogP contribution is -2.24. The van der Waals surface area contributed by atoms with Crippen molar-refractivity contribution in [1.29, 1.82) is 0 Å². The Bertz CT molecular complexity index is 1340. The zero-order valence-electron chi connectivity index (χ0n) is 17.5. The maximum Gasteiger partial charge on any atom is 0.283 e. The zero-order valence-corrected chi connectivity index (χ0v) is 19.1. The summed E-state index contributed by atoms with van der Waals surface area (Å²) in [5.74, 6) is 0.0406. The van der Waals surface area contributed by atoms with Gasteiger partial charge < -0.3 is 0 Å². The van der Waals surface area contributed by atoms with Crippen LogP contribution in [0, 0.1) is 10.1 Å². The van der Waals surface area contributed by atoms with Gasteiger partial charge in [0.05, 0.1) is 22.1 Å². The van der Waals surface area contributed by atoms with Crippen LogP contribution in [-0.4, -0.2) is 36.4 Å². The van der Waals surface area contributed by atoms with Gasteiger partial charge in [-0.05, 0) is 54.4 Å². The van der Waals surface area contributed by atoms with E-state index in [9.17, 15) is 18.5 Å². The Labute approximate surface area is 196 Å². The van der Waals surface area contributed by atoms with Gasteiger partial charge in [0.1, 0.15) is 5.84 Å². The highest BCUT2D eigenvalue weighted by Crippen LogP contribution is 2.30. The van der Waals surface area contributed by atoms with Gasteiger partial charge in [0, 0.05) is 23.1 Å². The quantitative estimate of drug-likeness (QED) is 0.223. The molecule has 0 amide bonds. The molecule has 3 aromatic rings. The van der Waals surface area contributed by atoms with Crippen molar-refractivity contribution in [2.75, 3.05) is 6.54 Å². The summed E-state index contributed by atoms with van der Waals surface area (Å²) >= 11 is 5.85. The standard InChI is InChI=1S/C23H19ClN4O4S/c1-16(26-33(31,32)21-13-9-19(24)10-14-21)27-15-22(17-5-3-2-4-6-17)23(25-27)18-7-11-20(12-8-18)28(29)30/h2-14,22H,15H2,1H3. The molecule has 0 saturated heterocycles. The first kappa shape index (κ1) is 22.6. The Kier molecular flexibility index (Phi) is 6.26. The molecular formula is C23H19ClN4O4S. The molecule has 1 heterocycles. The fourth-order valence-corrected chi connectivity index (χ4v) is 4.70. The SMILES string of the molecule is CC(=NS(=O)(=O)c1ccc(Cl)cc1)N1CC(c2ccccc2)C(c2ccc([N+](=O)[O-])cc2)=N1. The van der Waals surface area contributed by atoms with Crippen molar-refractivity contribution in [3.8, 4) is 0 Å². The lowest BCUT2D eigenvalue weighted by Gasteiger charge is -2.16. The van der Waals surface area contributed by atoms with Gasteiger partial charge in [0.2, 0.25) is 0 Å². The molecule has 8 nitrogen and oxygen atoms in total. The minimum atomic E-state index is -3.95. The summed E-state index contributed by atoms with van der Waals surface area (Å²) in [4.78, 5) is 10.6. The molecule has 0 N–H and O–H groups in total. The van der Waals surface area contributed by atoms with Crippen LogP contribution in [0.3, 0.4) is 0 Å². The minimum Gasteiger partial charge on any atom is -0.258 e. The summed E-state index contributed by atoms with van der Waals surface area (Å²) in [7, 11) is -3.95. The number of hydrazone groups is 1. The van der Waals surface area contributed by atoms with E-state index in [4.69, 9.17) is 11.6 Å². The highest BCUT2D eigenvalue weighted by molar-refractivity contribution is 7.90. The third-order valence-corrected chi connectivity index (χ3v) is 6.85. The van der Waals surface area contributed by atoms with Crippen LogP contribution < -0.4 is 0 Å². The number of halogens is 1. The number of nitrogens with zero attached hydrogens (tertiary/aromatic N) is 4. The van der Waals surface area contributed by atoms with Crippen LogP contribution in [0.15, 0.2) is 93.3 Å². The molecule has 1 unspecified atom stereocenters. The molecule has 10 heteroatoms. The lowest BCUT2D eigenvalue weighted by molar-refractivity contribution is -0.384. The van der Waals surface area contributed by atoms with Gasteiger partial charge in [-0.25, -0.2) is 5.01 Å². The van der Waals surface area contributed by atoms with E-state index in [1.54, 1.807) is 24.1 Å². The Morgan fingerprint density at radius 3 is 2.30 bits per heavy atom. The van der Waals surface area contributed by atoms with Crippen molar-refractivity contribution >= 4 is 38.9 Å². The van der Waals surface area contributed by atoms with Gasteiger partial charge in [-0.3, -0.25) is 10.1 Å². The summed E-state index contributed by atoms with van der Waals surface area (Å²) in [6.07, 6.45) is 0. The van der Waals surface area contributed by atoms with E-state index in [0.717, 1.165) is 5.56 Å². The van der Waals surface area contributed by atoms with Crippen LogP contribution in [0.2, 0.25) is 5.02 Å². The molecule has 1 atom stereocenters. The van der Waals surface area contributed by atoms with Crippen LogP contribution >= 0.6 is 11.6 Å². The number of nitro benzene ring substituents is 1. The summed E-state index contributed by atoms with van der Waals surface area (Å²) in [5.41, 5.74) is 2.36. The largest absolute Gasteiger partial charge is 0.283 e. The third-order valence-electron chi connectivity index (χ3n) is 5.23. The molecule has 0 aromatic heterocycles. The van der Waals surface area contributed by atoms with Crippen molar-refractivity contribution < 1.29 is 13.3 Å². The first-order valence-electron chi connectivity index (χ1n) is 9.97. The summed E-state index contributed by atoms with van der Waals surface area (Å²) in [6.45, 7) is 1.96. The molecule has 3 aromatic carbocycles. The van der Waals surface area contributed by atoms with E-state index in [1.807, 2.05) is 30.3 Å². The molecule has 1 aliphatic rings. The number of nitro groups is 1. The van der Waals surface area contributed by atoms with Gasteiger partial charge in [-0.1, -0.05) is 41.9 Å². The smallest absolute Gasteiger partial charge is 0.258 e. The fraction of sp³-hybridized carbons (Fsp3) is 0.130. The van der Waals surface area contributed by atoms with Crippen LogP contribution in [0.25, 0.3) is 0 Å². The van der Waals surface area contributed by atoms with Crippen LogP contribution in [0.4, 0.5) is 5.69 Å². The summed E-state index contributed by atoms with van der Waals surface area (Å²) in [6, 6.07) is 21.6. The Morgan fingerprint density at radius 1 is 1.06 bits per heavy atom. The lowest BCUT2D eigenvalue weighted by atomic mass is 9.90. The van der Waals surface area contributed by atoms with E-state index in [-0.39, 0.29) is 22.3 Å². The highest BCUT2D eigenvalue weighted by Gasteiger charge is 2.31. The van der Waals surface area contributed by atoms with Gasteiger partial charge in [0.25, 0.3) is 15.7 Å². The normalized spacial score (nSPS) is 16.5. The van der Waals surface area contributed by atoms with Crippen LogP contribution in [-0.2, 0) is 10.0 Å². The van der Waals surface area contributed by atoms with Gasteiger partial charge in [-0.2, -0.15) is 13.5 Å². The summed E-state index contributed by atoms with van der Waals surface area (Å²) in [5, 5.41) is 17.6. The average molecular weight is 483 g/mol. The second-order valence-electron chi connectivity index (χ2n) is 7.40. The van der Waals surface area contributed by atoms with Crippen molar-refractivity contribution in [2.24, 2.45) is 9.50 Å². The molecule has 0 radical (unpaired) electrons. The number of rotatable bonds is 5. The molecular weight excluding hydrogens is 464 g/mol. The van der Waals surface area contributed by atoms with Gasteiger partial charge in [0.15, 0.2) is 0 Å². The molecule has 4 rings (SSSR count). The van der Waals surface area contributed by atoms with E-state index in [0.29, 0.717) is 22.8 Å². The van der Waals surface area contributed by atoms with E-state index in [2.05, 4.69) is 9.50 Å². The number of amidine groups is 1. The predicted octanol–water partition coefficient (Wildman–Crippen LogP) is 4.86. The van der Waals surface area contributed by atoms with Crippen LogP contribution in [0.5, 0.6) is 0 Å². The maximum atomic E-state index is 12.7. The number of benzene rings is 3. The van der Waals surface area contributed by atoms with E-state index >= 15 is 0 Å². The van der Waals surface area contributed by atoms with Crippen molar-refractivity contribution in [1.82, 2.24) is 5.01 Å². The average Bonchev–Trinajstić information content (AvgIpc) is 3.25. The maximum absolute atomic E-state index is 12.7. The third kappa shape index (κ3) is 4.94. The Morgan fingerprint density at radius 2 is 1.70 bits per heavy atom. The van der Waals surface area contributed by atoms with Crippen molar-refractivity contribution in [3.05, 3.63) is 105 Å². The molecule has 33 heavy (non-hydrogen) atoms. The van der Waals surface area contributed by atoms with E-state index < -0.39 is 14.9 Å². The van der Waals surface area contributed by atoms with Gasteiger partial charge >= 0.3 is 0 Å². The van der Waals surface area contributed by atoms with Crippen molar-refractivity contribution in [2.45, 2.75) is 17.7 Å². The second kappa shape index (κ2) is 9.13. The van der Waals surface area contributed by atoms with Crippen LogP contribution in [0.1, 0.15) is 24.0 Å². The zero-order chi connectivity index (χ0) is 23.6. The molecule has 0 spiro atoms. The monoisotopic (exact) mass is 482 g/mol. The second-order valence-corrected chi connectivity index (χ2v) is 9.44. The first-order valence-corrected chi connectivity index (χ1v) is 11.8. The Hall–Kier alpha value is -3.56. The number of hydrogen-bond acceptors (Lipinski definition) is 5. The highest BCUT2D eigenvalue weighted by atomic mass is 35.5. The molecule has 168 valence electrons. The molecule has 0 saturated carbocycles. The minimum absolute atomic E-state index is 0.0164. The first-order chi connectivity index (χ1) is 15.7. The fourth-order valence-electron chi connectivity index (χ4n) is 3.55. The van der Waals surface area contributed by atoms with E-state index in [1.165, 1.54) is 36.4 Å². The topological polar surface area (TPSA) is 105 Å². The molecule has 0 bridgehead atoms. The molecule has 0 aliphatic carbocycles. The number of non-ortho nitro benzene ring substituents is 1. The number of sulfonamides is 1. The Balaban J connectivity index is 1.70.